The fourth-order valence-electron chi connectivity index (χ4n) is 2.06. The van der Waals surface area contributed by atoms with E-state index in [0.717, 1.165) is 24.2 Å². The Balaban J connectivity index is 2.21. The van der Waals surface area contributed by atoms with Crippen LogP contribution >= 0.6 is 0 Å². The number of anilines is 1. The number of hydrogen-bond donors (Lipinski definition) is 0. The van der Waals surface area contributed by atoms with Gasteiger partial charge in [0.05, 0.1) is 0 Å². The van der Waals surface area contributed by atoms with E-state index in [2.05, 4.69) is 36.2 Å². The van der Waals surface area contributed by atoms with Crippen LogP contribution in [0.3, 0.4) is 0 Å². The summed E-state index contributed by atoms with van der Waals surface area (Å²) in [5.41, 5.74) is 2.47. The first kappa shape index (κ1) is 11.6. The van der Waals surface area contributed by atoms with Gasteiger partial charge in [-0.1, -0.05) is 37.0 Å². The minimum absolute atomic E-state index is 0.549. The molecular formula is C15H18N2. The smallest absolute Gasteiger partial charge is 0.135 e. The van der Waals surface area contributed by atoms with Crippen molar-refractivity contribution < 1.29 is 0 Å². The zero-order valence-corrected chi connectivity index (χ0v) is 10.3. The van der Waals surface area contributed by atoms with Crippen LogP contribution in [0.5, 0.6) is 0 Å². The van der Waals surface area contributed by atoms with E-state index in [4.69, 9.17) is 0 Å². The van der Waals surface area contributed by atoms with Crippen LogP contribution in [0.2, 0.25) is 0 Å². The van der Waals surface area contributed by atoms with Crippen LogP contribution in [0.1, 0.15) is 18.4 Å². The number of nitrogens with zero attached hydrogens (tertiary/aromatic N) is 2. The van der Waals surface area contributed by atoms with Gasteiger partial charge in [0.15, 0.2) is 0 Å². The lowest BCUT2D eigenvalue weighted by atomic mass is 9.86. The maximum absolute atomic E-state index is 4.47. The lowest BCUT2D eigenvalue weighted by molar-refractivity contribution is 0.513. The molecule has 1 aliphatic rings. The van der Waals surface area contributed by atoms with Crippen LogP contribution in [0.4, 0.5) is 5.82 Å². The summed E-state index contributed by atoms with van der Waals surface area (Å²) in [7, 11) is 2.10. The highest BCUT2D eigenvalue weighted by atomic mass is 15.2. The van der Waals surface area contributed by atoms with E-state index < -0.39 is 0 Å². The summed E-state index contributed by atoms with van der Waals surface area (Å²) in [5, 5.41) is 0. The monoisotopic (exact) mass is 226 g/mol. The number of aromatic nitrogens is 1. The van der Waals surface area contributed by atoms with Crippen molar-refractivity contribution in [2.75, 3.05) is 11.9 Å². The third-order valence-corrected chi connectivity index (χ3v) is 3.16. The fourth-order valence-corrected chi connectivity index (χ4v) is 2.06. The van der Waals surface area contributed by atoms with E-state index >= 15 is 0 Å². The molecule has 0 aliphatic heterocycles. The summed E-state index contributed by atoms with van der Waals surface area (Å²) in [6.07, 6.45) is 9.76. The van der Waals surface area contributed by atoms with Crippen molar-refractivity contribution in [1.82, 2.24) is 4.98 Å². The molecule has 1 aromatic heterocycles. The van der Waals surface area contributed by atoms with Gasteiger partial charge in [0.25, 0.3) is 0 Å². The average Bonchev–Trinajstić information content (AvgIpc) is 2.32. The lowest BCUT2D eigenvalue weighted by Gasteiger charge is -2.37. The van der Waals surface area contributed by atoms with E-state index in [-0.39, 0.29) is 0 Å². The molecule has 17 heavy (non-hydrogen) atoms. The number of allylic oxidation sites excluding steroid dienone is 2. The summed E-state index contributed by atoms with van der Waals surface area (Å²) in [5.74, 6) is 1.03. The van der Waals surface area contributed by atoms with Crippen molar-refractivity contribution in [2.45, 2.75) is 18.9 Å². The second-order valence-electron chi connectivity index (χ2n) is 4.43. The van der Waals surface area contributed by atoms with Crippen LogP contribution in [-0.4, -0.2) is 18.1 Å². The minimum Gasteiger partial charge on any atom is -0.356 e. The van der Waals surface area contributed by atoms with Crippen molar-refractivity contribution in [3.63, 3.8) is 0 Å². The Morgan fingerprint density at radius 3 is 2.88 bits per heavy atom. The van der Waals surface area contributed by atoms with Crippen molar-refractivity contribution in [2.24, 2.45) is 0 Å². The normalized spacial score (nSPS) is 15.9. The summed E-state index contributed by atoms with van der Waals surface area (Å²) in [6, 6.07) is 4.58. The molecule has 1 fully saturated rings. The van der Waals surface area contributed by atoms with Gasteiger partial charge in [-0.05, 0) is 25.0 Å². The van der Waals surface area contributed by atoms with E-state index in [1.165, 1.54) is 5.57 Å². The van der Waals surface area contributed by atoms with Gasteiger partial charge < -0.3 is 4.90 Å². The highest BCUT2D eigenvalue weighted by molar-refractivity contribution is 5.65. The predicted octanol–water partition coefficient (Wildman–Crippen LogP) is 3.44. The first-order valence-electron chi connectivity index (χ1n) is 5.86. The van der Waals surface area contributed by atoms with Gasteiger partial charge in [-0.15, -0.1) is 0 Å². The van der Waals surface area contributed by atoms with E-state index in [1.54, 1.807) is 6.08 Å². The highest BCUT2D eigenvalue weighted by Gasteiger charge is 2.26. The molecule has 1 aromatic rings. The van der Waals surface area contributed by atoms with Gasteiger partial charge in [-0.3, -0.25) is 0 Å². The number of hydrogen-bond acceptors (Lipinski definition) is 2. The standard InChI is InChI=1S/C15H18N2/c1-4-5-7-13-8-6-9-16-15(13)17(3)14-10-12(2)11-14/h4-9,14H,1-2,10-11H2,3H3/b7-5-. The molecule has 2 rings (SSSR count). The molecule has 0 unspecified atom stereocenters. The second kappa shape index (κ2) is 5.00. The molecule has 0 aromatic carbocycles. The van der Waals surface area contributed by atoms with Crippen LogP contribution in [0, 0.1) is 0 Å². The Hall–Kier alpha value is -1.83. The number of pyridine rings is 1. The van der Waals surface area contributed by atoms with E-state index in [9.17, 15) is 0 Å². The predicted molar refractivity (Wildman–Crippen MR) is 74.0 cm³/mol. The van der Waals surface area contributed by atoms with Crippen LogP contribution < -0.4 is 4.90 Å². The first-order valence-corrected chi connectivity index (χ1v) is 5.86. The zero-order valence-electron chi connectivity index (χ0n) is 10.3. The molecule has 0 atom stereocenters. The summed E-state index contributed by atoms with van der Waals surface area (Å²) < 4.78 is 0. The molecule has 0 radical (unpaired) electrons. The summed E-state index contributed by atoms with van der Waals surface area (Å²) in [6.45, 7) is 7.67. The molecule has 0 N–H and O–H groups in total. The molecule has 0 amide bonds. The van der Waals surface area contributed by atoms with Crippen molar-refractivity contribution in [3.8, 4) is 0 Å². The van der Waals surface area contributed by atoms with Gasteiger partial charge in [-0.2, -0.15) is 0 Å². The SMILES string of the molecule is C=C/C=C\c1cccnc1N(C)C1CC(=C)C1. The lowest BCUT2D eigenvalue weighted by Crippen LogP contribution is -2.39. The zero-order chi connectivity index (χ0) is 12.3. The van der Waals surface area contributed by atoms with Gasteiger partial charge in [-0.25, -0.2) is 4.98 Å². The maximum atomic E-state index is 4.47. The van der Waals surface area contributed by atoms with E-state index in [1.807, 2.05) is 24.4 Å². The molecule has 0 bridgehead atoms. The highest BCUT2D eigenvalue weighted by Crippen LogP contribution is 2.32. The minimum atomic E-state index is 0.549. The van der Waals surface area contributed by atoms with Gasteiger partial charge in [0.1, 0.15) is 5.82 Å². The molecule has 1 saturated carbocycles. The molecule has 2 nitrogen and oxygen atoms in total. The molecule has 1 aliphatic carbocycles. The third kappa shape index (κ3) is 2.47. The maximum Gasteiger partial charge on any atom is 0.135 e. The molecule has 2 heteroatoms. The molecule has 88 valence electrons. The van der Waals surface area contributed by atoms with Crippen LogP contribution in [0.15, 0.2) is 49.2 Å². The first-order chi connectivity index (χ1) is 8.22. The quantitative estimate of drug-likeness (QED) is 0.577. The molecule has 0 saturated heterocycles. The summed E-state index contributed by atoms with van der Waals surface area (Å²) >= 11 is 0. The third-order valence-electron chi connectivity index (χ3n) is 3.16. The summed E-state index contributed by atoms with van der Waals surface area (Å²) in [4.78, 5) is 6.72. The van der Waals surface area contributed by atoms with Crippen LogP contribution in [-0.2, 0) is 0 Å². The largest absolute Gasteiger partial charge is 0.356 e. The average molecular weight is 226 g/mol. The molecular weight excluding hydrogens is 208 g/mol. The Bertz CT molecular complexity index is 452. The van der Waals surface area contributed by atoms with Crippen LogP contribution in [0.25, 0.3) is 6.08 Å². The molecule has 1 heterocycles. The number of rotatable bonds is 4. The Morgan fingerprint density at radius 1 is 1.47 bits per heavy atom. The Kier molecular flexibility index (Phi) is 3.43. The fraction of sp³-hybridized carbons (Fsp3) is 0.267. The second-order valence-corrected chi connectivity index (χ2v) is 4.43. The van der Waals surface area contributed by atoms with Crippen molar-refractivity contribution in [1.29, 1.82) is 0 Å². The van der Waals surface area contributed by atoms with Crippen molar-refractivity contribution in [3.05, 3.63) is 54.8 Å². The molecule has 0 spiro atoms. The van der Waals surface area contributed by atoms with Crippen molar-refractivity contribution >= 4 is 11.9 Å². The van der Waals surface area contributed by atoms with E-state index in [0.29, 0.717) is 6.04 Å². The topological polar surface area (TPSA) is 16.1 Å². The van der Waals surface area contributed by atoms with Gasteiger partial charge in [0, 0.05) is 24.8 Å². The Labute approximate surface area is 103 Å². The van der Waals surface area contributed by atoms with Gasteiger partial charge in [0.2, 0.25) is 0 Å². The Morgan fingerprint density at radius 2 is 2.24 bits per heavy atom. The van der Waals surface area contributed by atoms with Gasteiger partial charge >= 0.3 is 0 Å².